The van der Waals surface area contributed by atoms with Crippen LogP contribution >= 0.6 is 0 Å². The minimum Gasteiger partial charge on any atom is -0.481 e. The minimum absolute atomic E-state index is 0.0771. The first-order valence-corrected chi connectivity index (χ1v) is 11.6. The van der Waals surface area contributed by atoms with Crippen LogP contribution in [0.4, 0.5) is 0 Å². The van der Waals surface area contributed by atoms with E-state index < -0.39 is 46.0 Å². The van der Waals surface area contributed by atoms with Gasteiger partial charge in [0.05, 0.1) is 22.5 Å². The molecule has 3 N–H and O–H groups in total. The second-order valence-electron chi connectivity index (χ2n) is 11.0. The van der Waals surface area contributed by atoms with Gasteiger partial charge >= 0.3 is 11.9 Å². The standard InChI is InChI=1S/C25H36O6/c1-6-14(2)20(27)31-19-15(3)16-8-11-25(30)23(5)10-7-9-22(4,21(28)29)17(23)12-18(26)24(19,25)13-16/h6,16-19,26,30H,3,7-13H2,1-2,4-5H3,(H,28,29)/b14-6-/t16-,17-,18-,19-,22-,23-,24-,25+/m0/s1. The van der Waals surface area contributed by atoms with E-state index in [2.05, 4.69) is 6.58 Å². The zero-order valence-corrected chi connectivity index (χ0v) is 19.1. The van der Waals surface area contributed by atoms with Crippen molar-refractivity contribution >= 4 is 11.9 Å². The second-order valence-corrected chi connectivity index (χ2v) is 11.0. The zero-order valence-electron chi connectivity index (χ0n) is 19.1. The van der Waals surface area contributed by atoms with Gasteiger partial charge in [0.2, 0.25) is 0 Å². The number of rotatable bonds is 3. The van der Waals surface area contributed by atoms with Crippen molar-refractivity contribution in [2.75, 3.05) is 0 Å². The molecule has 0 heterocycles. The Hall–Kier alpha value is -1.66. The summed E-state index contributed by atoms with van der Waals surface area (Å²) in [5, 5.41) is 34.2. The Morgan fingerprint density at radius 3 is 2.52 bits per heavy atom. The number of carbonyl (C=O) groups is 2. The van der Waals surface area contributed by atoms with Crippen molar-refractivity contribution in [2.45, 2.75) is 90.4 Å². The summed E-state index contributed by atoms with van der Waals surface area (Å²) in [6.45, 7) is 11.5. The van der Waals surface area contributed by atoms with Crippen molar-refractivity contribution < 1.29 is 29.6 Å². The molecule has 0 radical (unpaired) electrons. The summed E-state index contributed by atoms with van der Waals surface area (Å²) in [4.78, 5) is 25.0. The van der Waals surface area contributed by atoms with Gasteiger partial charge in [0.1, 0.15) is 6.10 Å². The van der Waals surface area contributed by atoms with Crippen molar-refractivity contribution in [3.8, 4) is 0 Å². The lowest BCUT2D eigenvalue weighted by Crippen LogP contribution is -2.75. The van der Waals surface area contributed by atoms with E-state index in [-0.39, 0.29) is 18.3 Å². The van der Waals surface area contributed by atoms with Crippen molar-refractivity contribution in [2.24, 2.45) is 28.1 Å². The number of allylic oxidation sites excluding steroid dienone is 1. The number of ether oxygens (including phenoxy) is 1. The Balaban J connectivity index is 1.85. The normalized spacial score (nSPS) is 49.2. The van der Waals surface area contributed by atoms with Crippen LogP contribution in [-0.2, 0) is 14.3 Å². The summed E-state index contributed by atoms with van der Waals surface area (Å²) >= 11 is 0. The van der Waals surface area contributed by atoms with Crippen LogP contribution in [-0.4, -0.2) is 45.1 Å². The molecule has 172 valence electrons. The molecular weight excluding hydrogens is 396 g/mol. The van der Waals surface area contributed by atoms with Gasteiger partial charge in [-0.15, -0.1) is 0 Å². The van der Waals surface area contributed by atoms with E-state index in [1.54, 1.807) is 26.8 Å². The minimum atomic E-state index is -1.34. The number of carboxylic acid groups (broad SMARTS) is 1. The van der Waals surface area contributed by atoms with Gasteiger partial charge in [0.25, 0.3) is 0 Å². The number of aliphatic carboxylic acids is 1. The third kappa shape index (κ3) is 2.58. The van der Waals surface area contributed by atoms with Crippen molar-refractivity contribution in [3.63, 3.8) is 0 Å². The monoisotopic (exact) mass is 432 g/mol. The van der Waals surface area contributed by atoms with Crippen molar-refractivity contribution in [3.05, 3.63) is 23.8 Å². The molecule has 8 atom stereocenters. The Morgan fingerprint density at radius 1 is 1.23 bits per heavy atom. The van der Waals surface area contributed by atoms with E-state index in [1.165, 1.54) is 0 Å². The van der Waals surface area contributed by atoms with Crippen LogP contribution in [0.1, 0.15) is 72.6 Å². The van der Waals surface area contributed by atoms with Gasteiger partial charge in [0.15, 0.2) is 0 Å². The Morgan fingerprint density at radius 2 is 1.90 bits per heavy atom. The van der Waals surface area contributed by atoms with E-state index in [4.69, 9.17) is 4.74 Å². The molecule has 4 rings (SSSR count). The number of carboxylic acids is 1. The summed E-state index contributed by atoms with van der Waals surface area (Å²) < 4.78 is 5.97. The van der Waals surface area contributed by atoms with E-state index in [0.717, 1.165) is 5.57 Å². The molecule has 6 nitrogen and oxygen atoms in total. The molecule has 0 unspecified atom stereocenters. The predicted molar refractivity (Wildman–Crippen MR) is 115 cm³/mol. The predicted octanol–water partition coefficient (Wildman–Crippen LogP) is 3.61. The van der Waals surface area contributed by atoms with Crippen LogP contribution in [0.25, 0.3) is 0 Å². The lowest BCUT2D eigenvalue weighted by atomic mass is 9.37. The first kappa shape index (κ1) is 22.5. The van der Waals surface area contributed by atoms with E-state index in [0.29, 0.717) is 44.1 Å². The Kier molecular flexibility index (Phi) is 5.03. The van der Waals surface area contributed by atoms with Crippen molar-refractivity contribution in [1.82, 2.24) is 0 Å². The van der Waals surface area contributed by atoms with Gasteiger partial charge < -0.3 is 20.1 Å². The van der Waals surface area contributed by atoms with Crippen LogP contribution in [0, 0.1) is 28.1 Å². The number of aliphatic hydroxyl groups is 2. The maximum Gasteiger partial charge on any atom is 0.333 e. The Bertz CT molecular complexity index is 862. The lowest BCUT2D eigenvalue weighted by Gasteiger charge is -2.69. The topological polar surface area (TPSA) is 104 Å². The molecule has 0 amide bonds. The molecule has 0 aromatic heterocycles. The van der Waals surface area contributed by atoms with Gasteiger partial charge in [-0.1, -0.05) is 26.0 Å². The molecule has 0 saturated heterocycles. The molecule has 0 aromatic rings. The first-order chi connectivity index (χ1) is 14.4. The fourth-order valence-corrected chi connectivity index (χ4v) is 7.96. The van der Waals surface area contributed by atoms with Crippen LogP contribution in [0.2, 0.25) is 0 Å². The smallest absolute Gasteiger partial charge is 0.333 e. The van der Waals surface area contributed by atoms with Crippen LogP contribution in [0.15, 0.2) is 23.8 Å². The average Bonchev–Trinajstić information content (AvgIpc) is 2.95. The zero-order chi connectivity index (χ0) is 23.0. The molecule has 4 aliphatic rings. The summed E-state index contributed by atoms with van der Waals surface area (Å²) in [6, 6.07) is 0. The van der Waals surface area contributed by atoms with E-state index in [9.17, 15) is 24.9 Å². The fraction of sp³-hybridized carbons (Fsp3) is 0.760. The summed E-state index contributed by atoms with van der Waals surface area (Å²) in [7, 11) is 0. The molecule has 31 heavy (non-hydrogen) atoms. The maximum atomic E-state index is 12.7. The molecule has 1 spiro atoms. The Labute approximate surface area is 184 Å². The molecule has 6 heteroatoms. The number of fused-ring (bicyclic) bond motifs is 3. The number of aliphatic hydroxyl groups excluding tert-OH is 1. The SMILES string of the molecule is C=C1[C@H]2CC[C@]3(O)[C@@](C2)([C@@H](O)C[C@@H]2[C@]3(C)CCC[C@]2(C)C(=O)O)[C@H]1OC(=O)/C(C)=C\C. The molecule has 4 fully saturated rings. The first-order valence-electron chi connectivity index (χ1n) is 11.6. The van der Waals surface area contributed by atoms with E-state index >= 15 is 0 Å². The van der Waals surface area contributed by atoms with Crippen molar-refractivity contribution in [1.29, 1.82) is 0 Å². The molecule has 4 saturated carbocycles. The van der Waals surface area contributed by atoms with Gasteiger partial charge in [-0.2, -0.15) is 0 Å². The van der Waals surface area contributed by atoms with E-state index in [1.807, 2.05) is 6.92 Å². The molecule has 4 aliphatic carbocycles. The highest BCUT2D eigenvalue weighted by Crippen LogP contribution is 2.74. The lowest BCUT2D eigenvalue weighted by molar-refractivity contribution is -0.309. The number of carbonyl (C=O) groups excluding carboxylic acids is 1. The van der Waals surface area contributed by atoms with Crippen LogP contribution in [0.3, 0.4) is 0 Å². The summed E-state index contributed by atoms with van der Waals surface area (Å²) in [5.74, 6) is -1.62. The summed E-state index contributed by atoms with van der Waals surface area (Å²) in [5.41, 5.74) is -2.87. The van der Waals surface area contributed by atoms with Gasteiger partial charge in [0, 0.05) is 11.0 Å². The highest BCUT2D eigenvalue weighted by molar-refractivity contribution is 5.88. The van der Waals surface area contributed by atoms with Crippen LogP contribution in [0.5, 0.6) is 0 Å². The van der Waals surface area contributed by atoms with Crippen LogP contribution < -0.4 is 0 Å². The fourth-order valence-electron chi connectivity index (χ4n) is 7.96. The number of esters is 1. The largest absolute Gasteiger partial charge is 0.481 e. The second kappa shape index (κ2) is 6.92. The summed E-state index contributed by atoms with van der Waals surface area (Å²) in [6.07, 6.45) is 3.81. The maximum absolute atomic E-state index is 12.7. The van der Waals surface area contributed by atoms with Gasteiger partial charge in [-0.05, 0) is 76.7 Å². The van der Waals surface area contributed by atoms with Gasteiger partial charge in [-0.25, -0.2) is 4.79 Å². The molecule has 0 aromatic carbocycles. The third-order valence-corrected chi connectivity index (χ3v) is 9.94. The average molecular weight is 433 g/mol. The quantitative estimate of drug-likeness (QED) is 0.358. The highest BCUT2D eigenvalue weighted by Gasteiger charge is 2.78. The highest BCUT2D eigenvalue weighted by atomic mass is 16.5. The molecule has 2 bridgehead atoms. The molecular formula is C25H36O6. The number of hydrogen-bond donors (Lipinski definition) is 3. The molecule has 0 aliphatic heterocycles. The third-order valence-electron chi connectivity index (χ3n) is 9.94. The number of hydrogen-bond acceptors (Lipinski definition) is 5. The van der Waals surface area contributed by atoms with Gasteiger partial charge in [-0.3, -0.25) is 4.79 Å².